The van der Waals surface area contributed by atoms with Crippen molar-refractivity contribution in [2.75, 3.05) is 37.0 Å². The Hall–Kier alpha value is -2.64. The number of rotatable bonds is 8. The van der Waals surface area contributed by atoms with E-state index in [1.807, 2.05) is 44.4 Å². The first kappa shape index (κ1) is 27.9. The van der Waals surface area contributed by atoms with Crippen LogP contribution in [0.1, 0.15) is 37.4 Å². The largest absolute Gasteiger partial charge is 0.432 e. The number of benzene rings is 1. The highest BCUT2D eigenvalue weighted by Crippen LogP contribution is 2.59. The second-order valence-corrected chi connectivity index (χ2v) is 15.7. The molecule has 4 N–H and O–H groups in total. The third-order valence-electron chi connectivity index (χ3n) is 8.65. The van der Waals surface area contributed by atoms with Gasteiger partial charge in [0.1, 0.15) is 0 Å². The molecule has 1 unspecified atom stereocenters. The van der Waals surface area contributed by atoms with Crippen LogP contribution in [0.15, 0.2) is 24.4 Å². The summed E-state index contributed by atoms with van der Waals surface area (Å²) in [5.74, 6) is -0.542. The summed E-state index contributed by atoms with van der Waals surface area (Å²) in [6, 6.07) is 5.59. The first-order valence-electron chi connectivity index (χ1n) is 13.9. The number of nitrogens with one attached hydrogen (secondary N) is 2. The second-order valence-electron chi connectivity index (χ2n) is 11.7. The fraction of sp³-hybridized carbons (Fsp3) is 0.630. The maximum Gasteiger partial charge on any atom is 0.264 e. The van der Waals surface area contributed by atoms with Crippen molar-refractivity contribution in [3.63, 3.8) is 0 Å². The van der Waals surface area contributed by atoms with Crippen LogP contribution in [0.25, 0.3) is 0 Å². The minimum atomic E-state index is -2.78. The van der Waals surface area contributed by atoms with Gasteiger partial charge in [0.05, 0.1) is 23.4 Å². The zero-order chi connectivity index (χ0) is 27.9. The second kappa shape index (κ2) is 10.7. The molecule has 2 amide bonds. The molecule has 0 aliphatic carbocycles. The van der Waals surface area contributed by atoms with E-state index in [9.17, 15) is 19.5 Å². The molecule has 12 heteroatoms. The molecule has 1 aromatic heterocycles. The molecule has 2 fully saturated rings. The SMILES string of the molecule is C[C@@H]1[C@@H]([Si](C)(C)O)[C@H](CCn2cc(CCO)nn2)O[C@@]12C(=O)N(C)c1ccc(NC(=O)C3CCCNC3)cc12. The normalized spacial score (nSPS) is 28.8. The van der Waals surface area contributed by atoms with Crippen molar-refractivity contribution in [2.24, 2.45) is 11.8 Å². The number of fused-ring (bicyclic) bond motifs is 2. The summed E-state index contributed by atoms with van der Waals surface area (Å²) in [4.78, 5) is 39.9. The molecule has 5 atom stereocenters. The third kappa shape index (κ3) is 5.04. The van der Waals surface area contributed by atoms with E-state index in [1.54, 1.807) is 16.6 Å². The number of carbonyl (C=O) groups excluding carboxylic acids is 2. The molecular weight excluding hydrogens is 516 g/mol. The Kier molecular flexibility index (Phi) is 7.68. The van der Waals surface area contributed by atoms with E-state index >= 15 is 0 Å². The Balaban J connectivity index is 1.44. The highest BCUT2D eigenvalue weighted by molar-refractivity contribution is 6.71. The highest BCUT2D eigenvalue weighted by atomic mass is 28.4. The van der Waals surface area contributed by atoms with Crippen molar-refractivity contribution < 1.29 is 24.2 Å². The molecule has 4 heterocycles. The lowest BCUT2D eigenvalue weighted by molar-refractivity contribution is -0.145. The Bertz CT molecular complexity index is 1230. The van der Waals surface area contributed by atoms with Crippen LogP contribution in [0.2, 0.25) is 18.6 Å². The number of carbonyl (C=O) groups is 2. The van der Waals surface area contributed by atoms with Gasteiger partial charge in [0, 0.05) is 62.1 Å². The molecule has 3 aliphatic rings. The van der Waals surface area contributed by atoms with Gasteiger partial charge in [-0.3, -0.25) is 14.3 Å². The Labute approximate surface area is 230 Å². The van der Waals surface area contributed by atoms with Crippen LogP contribution in [0.4, 0.5) is 11.4 Å². The molecule has 1 aromatic carbocycles. The molecule has 3 aliphatic heterocycles. The molecule has 2 saturated heterocycles. The first-order chi connectivity index (χ1) is 18.6. The Morgan fingerprint density at radius 2 is 2.15 bits per heavy atom. The number of nitrogens with zero attached hydrogens (tertiary/aromatic N) is 4. The van der Waals surface area contributed by atoms with Crippen molar-refractivity contribution in [1.29, 1.82) is 0 Å². The number of aryl methyl sites for hydroxylation is 1. The van der Waals surface area contributed by atoms with E-state index in [0.717, 1.165) is 30.6 Å². The smallest absolute Gasteiger partial charge is 0.264 e. The molecule has 212 valence electrons. The summed E-state index contributed by atoms with van der Waals surface area (Å²) >= 11 is 0. The van der Waals surface area contributed by atoms with Crippen molar-refractivity contribution >= 4 is 31.5 Å². The first-order valence-corrected chi connectivity index (χ1v) is 16.9. The highest BCUT2D eigenvalue weighted by Gasteiger charge is 2.65. The monoisotopic (exact) mass is 556 g/mol. The molecule has 0 saturated carbocycles. The number of aliphatic hydroxyl groups is 1. The van der Waals surface area contributed by atoms with Gasteiger partial charge in [0.15, 0.2) is 13.9 Å². The number of amides is 2. The minimum absolute atomic E-state index is 0.00582. The molecule has 11 nitrogen and oxygen atoms in total. The predicted octanol–water partition coefficient (Wildman–Crippen LogP) is 1.62. The van der Waals surface area contributed by atoms with Gasteiger partial charge < -0.3 is 30.2 Å². The van der Waals surface area contributed by atoms with Gasteiger partial charge in [-0.1, -0.05) is 12.1 Å². The van der Waals surface area contributed by atoms with Crippen molar-refractivity contribution in [1.82, 2.24) is 20.3 Å². The summed E-state index contributed by atoms with van der Waals surface area (Å²) in [5.41, 5.74) is 1.40. The van der Waals surface area contributed by atoms with Crippen molar-refractivity contribution in [2.45, 2.75) is 69.5 Å². The summed E-state index contributed by atoms with van der Waals surface area (Å²) < 4.78 is 8.50. The van der Waals surface area contributed by atoms with E-state index in [1.165, 1.54) is 0 Å². The predicted molar refractivity (Wildman–Crippen MR) is 149 cm³/mol. The fourth-order valence-electron chi connectivity index (χ4n) is 6.79. The van der Waals surface area contributed by atoms with Gasteiger partial charge in [0.2, 0.25) is 5.91 Å². The lowest BCUT2D eigenvalue weighted by Crippen LogP contribution is -2.45. The van der Waals surface area contributed by atoms with Gasteiger partial charge in [-0.2, -0.15) is 0 Å². The number of piperidine rings is 1. The van der Waals surface area contributed by atoms with Crippen LogP contribution >= 0.6 is 0 Å². The number of aromatic nitrogens is 3. The van der Waals surface area contributed by atoms with Gasteiger partial charge in [-0.15, -0.1) is 5.10 Å². The van der Waals surface area contributed by atoms with Crippen LogP contribution in [0.3, 0.4) is 0 Å². The van der Waals surface area contributed by atoms with Crippen molar-refractivity contribution in [3.05, 3.63) is 35.7 Å². The van der Waals surface area contributed by atoms with Crippen LogP contribution in [0, 0.1) is 11.8 Å². The van der Waals surface area contributed by atoms with Gasteiger partial charge in [-0.25, -0.2) is 0 Å². The molecule has 1 spiro atoms. The van der Waals surface area contributed by atoms with Gasteiger partial charge in [-0.05, 0) is 57.1 Å². The number of anilines is 2. The van der Waals surface area contributed by atoms with Gasteiger partial charge >= 0.3 is 0 Å². The number of ether oxygens (including phenoxy) is 1. The van der Waals surface area contributed by atoms with Crippen LogP contribution in [-0.2, 0) is 32.9 Å². The summed E-state index contributed by atoms with van der Waals surface area (Å²) in [6.07, 6.45) is 4.24. The van der Waals surface area contributed by atoms with E-state index in [2.05, 4.69) is 20.9 Å². The maximum absolute atomic E-state index is 13.9. The molecule has 2 aromatic rings. The number of hydrogen-bond acceptors (Lipinski definition) is 8. The standard InChI is InChI=1S/C27H40N6O5Si/c1-17-24(39(3,4)37)23(9-12-33-16-20(10-13-34)30-31-33)38-27(17)21-14-19(7-8-22(21)32(2)26(27)36)29-25(35)18-6-5-11-28-15-18/h7-8,14,16-18,23-24,28,34,37H,5-6,9-13,15H2,1-4H3,(H,29,35)/t17-,18?,23+,24-,27+/m1/s1. The quantitative estimate of drug-likeness (QED) is 0.360. The summed E-state index contributed by atoms with van der Waals surface area (Å²) in [5, 5.41) is 23.8. The molecule has 0 bridgehead atoms. The van der Waals surface area contributed by atoms with Gasteiger partial charge in [0.25, 0.3) is 5.91 Å². The zero-order valence-corrected chi connectivity index (χ0v) is 24.2. The lowest BCUT2D eigenvalue weighted by atomic mass is 9.82. The summed E-state index contributed by atoms with van der Waals surface area (Å²) in [7, 11) is -1.03. The van der Waals surface area contributed by atoms with Crippen LogP contribution in [-0.4, -0.2) is 77.9 Å². The fourth-order valence-corrected chi connectivity index (χ4v) is 9.39. The number of aliphatic hydroxyl groups excluding tert-OH is 1. The third-order valence-corrected chi connectivity index (χ3v) is 11.1. The number of hydrogen-bond donors (Lipinski definition) is 4. The number of likely N-dealkylation sites (N-methyl/N-ethyl adjacent to an activating group) is 1. The zero-order valence-electron chi connectivity index (χ0n) is 23.2. The van der Waals surface area contributed by atoms with Crippen LogP contribution in [0.5, 0.6) is 0 Å². The van der Waals surface area contributed by atoms with Crippen molar-refractivity contribution in [3.8, 4) is 0 Å². The van der Waals surface area contributed by atoms with E-state index in [-0.39, 0.29) is 41.9 Å². The Morgan fingerprint density at radius 3 is 2.85 bits per heavy atom. The van der Waals surface area contributed by atoms with E-state index < -0.39 is 13.9 Å². The average molecular weight is 557 g/mol. The maximum atomic E-state index is 13.9. The average Bonchev–Trinajstić information content (AvgIpc) is 3.54. The minimum Gasteiger partial charge on any atom is -0.432 e. The van der Waals surface area contributed by atoms with E-state index in [4.69, 9.17) is 4.74 Å². The molecular formula is C27H40N6O5Si. The summed E-state index contributed by atoms with van der Waals surface area (Å²) in [6.45, 7) is 7.91. The lowest BCUT2D eigenvalue weighted by Gasteiger charge is -2.32. The van der Waals surface area contributed by atoms with Crippen LogP contribution < -0.4 is 15.5 Å². The van der Waals surface area contributed by atoms with E-state index in [0.29, 0.717) is 37.3 Å². The molecule has 39 heavy (non-hydrogen) atoms. The molecule has 0 radical (unpaired) electrons. The topological polar surface area (TPSA) is 142 Å². The Morgan fingerprint density at radius 1 is 1.36 bits per heavy atom. The molecule has 5 rings (SSSR count).